The Morgan fingerprint density at radius 3 is 2.79 bits per heavy atom. The first-order chi connectivity index (χ1) is 6.58. The molecule has 0 saturated heterocycles. The van der Waals surface area contributed by atoms with Crippen LogP contribution in [0.5, 0.6) is 0 Å². The van der Waals surface area contributed by atoms with E-state index in [9.17, 15) is 4.79 Å². The van der Waals surface area contributed by atoms with Crippen molar-refractivity contribution < 1.29 is 9.90 Å². The van der Waals surface area contributed by atoms with Gasteiger partial charge in [0.05, 0.1) is 12.1 Å². The van der Waals surface area contributed by atoms with Crippen molar-refractivity contribution >= 4 is 17.7 Å². The predicted molar refractivity (Wildman–Crippen MR) is 54.3 cm³/mol. The Balaban J connectivity index is 2.51. The van der Waals surface area contributed by atoms with E-state index in [4.69, 9.17) is 5.11 Å². The van der Waals surface area contributed by atoms with Crippen LogP contribution in [0.4, 0.5) is 0 Å². The maximum Gasteiger partial charge on any atom is 0.304 e. The van der Waals surface area contributed by atoms with Crippen LogP contribution < -0.4 is 0 Å². The summed E-state index contributed by atoms with van der Waals surface area (Å²) in [5.41, 5.74) is 0.861. The normalized spacial score (nSPS) is 12.4. The van der Waals surface area contributed by atoms with Gasteiger partial charge in [0.1, 0.15) is 5.03 Å². The highest BCUT2D eigenvalue weighted by Crippen LogP contribution is 2.22. The van der Waals surface area contributed by atoms with Crippen molar-refractivity contribution in [1.29, 1.82) is 0 Å². The molecule has 1 unspecified atom stereocenters. The van der Waals surface area contributed by atoms with Gasteiger partial charge < -0.3 is 5.11 Å². The summed E-state index contributed by atoms with van der Waals surface area (Å²) in [5.74, 6) is -0.787. The Morgan fingerprint density at radius 2 is 2.29 bits per heavy atom. The molecule has 0 fully saturated rings. The van der Waals surface area contributed by atoms with Crippen LogP contribution in [0.15, 0.2) is 17.2 Å². The molecule has 4 nitrogen and oxygen atoms in total. The Hall–Kier alpha value is -1.10. The maximum absolute atomic E-state index is 10.4. The Morgan fingerprint density at radius 1 is 1.57 bits per heavy atom. The summed E-state index contributed by atoms with van der Waals surface area (Å²) in [7, 11) is 0. The smallest absolute Gasteiger partial charge is 0.304 e. The third kappa shape index (κ3) is 3.74. The van der Waals surface area contributed by atoms with Gasteiger partial charge in [-0.3, -0.25) is 4.79 Å². The number of hydrogen-bond acceptors (Lipinski definition) is 4. The number of rotatable bonds is 4. The average molecular weight is 212 g/mol. The van der Waals surface area contributed by atoms with Gasteiger partial charge in [-0.25, -0.2) is 0 Å². The van der Waals surface area contributed by atoms with Crippen molar-refractivity contribution in [3.8, 4) is 0 Å². The highest BCUT2D eigenvalue weighted by molar-refractivity contribution is 7.99. The molecule has 1 aromatic rings. The van der Waals surface area contributed by atoms with Gasteiger partial charge in [0.15, 0.2) is 0 Å². The van der Waals surface area contributed by atoms with E-state index in [1.807, 2.05) is 26.0 Å². The molecule has 1 heterocycles. The standard InChI is InChI=1S/C9H12N2O2S/c1-6-3-4-8(11-10-6)14-7(2)5-9(12)13/h3-4,7H,5H2,1-2H3,(H,12,13). The molecule has 0 saturated carbocycles. The van der Waals surface area contributed by atoms with Crippen LogP contribution in [-0.4, -0.2) is 26.5 Å². The SMILES string of the molecule is Cc1ccc(SC(C)CC(=O)O)nn1. The van der Waals surface area contributed by atoms with Crippen molar-refractivity contribution in [1.82, 2.24) is 10.2 Å². The van der Waals surface area contributed by atoms with E-state index >= 15 is 0 Å². The van der Waals surface area contributed by atoms with Gasteiger partial charge in [0, 0.05) is 5.25 Å². The number of carboxylic acids is 1. The van der Waals surface area contributed by atoms with Crippen LogP contribution in [0.2, 0.25) is 0 Å². The van der Waals surface area contributed by atoms with Crippen LogP contribution in [0, 0.1) is 6.92 Å². The molecule has 0 aliphatic heterocycles. The van der Waals surface area contributed by atoms with Gasteiger partial charge in [-0.05, 0) is 19.1 Å². The Bertz CT molecular complexity index is 313. The molecule has 5 heteroatoms. The molecule has 1 aromatic heterocycles. The second-order valence-corrected chi connectivity index (χ2v) is 4.50. The highest BCUT2D eigenvalue weighted by Gasteiger charge is 2.09. The third-order valence-electron chi connectivity index (χ3n) is 1.56. The van der Waals surface area contributed by atoms with E-state index < -0.39 is 5.97 Å². The molecule has 0 aliphatic rings. The van der Waals surface area contributed by atoms with E-state index in [-0.39, 0.29) is 11.7 Å². The summed E-state index contributed by atoms with van der Waals surface area (Å²) in [6.07, 6.45) is 0.139. The quantitative estimate of drug-likeness (QED) is 0.770. The topological polar surface area (TPSA) is 63.1 Å². The molecule has 1 atom stereocenters. The molecule has 0 spiro atoms. The molecule has 0 amide bonds. The minimum Gasteiger partial charge on any atom is -0.481 e. The van der Waals surface area contributed by atoms with Crippen molar-refractivity contribution in [2.75, 3.05) is 0 Å². The van der Waals surface area contributed by atoms with Gasteiger partial charge in [-0.15, -0.1) is 16.9 Å². The molecule has 14 heavy (non-hydrogen) atoms. The zero-order valence-corrected chi connectivity index (χ0v) is 8.91. The second kappa shape index (κ2) is 4.95. The molecule has 1 rings (SSSR count). The van der Waals surface area contributed by atoms with E-state index in [2.05, 4.69) is 10.2 Å². The lowest BCUT2D eigenvalue weighted by Gasteiger charge is -2.06. The van der Waals surface area contributed by atoms with E-state index in [1.54, 1.807) is 0 Å². The molecule has 0 aromatic carbocycles. The summed E-state index contributed by atoms with van der Waals surface area (Å²) in [4.78, 5) is 10.4. The molecule has 1 N–H and O–H groups in total. The zero-order valence-electron chi connectivity index (χ0n) is 8.10. The van der Waals surface area contributed by atoms with E-state index in [1.165, 1.54) is 11.8 Å². The number of carboxylic acid groups (broad SMARTS) is 1. The Labute approximate surface area is 86.7 Å². The number of aryl methyl sites for hydroxylation is 1. The fraction of sp³-hybridized carbons (Fsp3) is 0.444. The summed E-state index contributed by atoms with van der Waals surface area (Å²) in [6, 6.07) is 3.72. The molecule has 0 radical (unpaired) electrons. The van der Waals surface area contributed by atoms with Crippen LogP contribution in [0.25, 0.3) is 0 Å². The van der Waals surface area contributed by atoms with Gasteiger partial charge in [0.25, 0.3) is 0 Å². The van der Waals surface area contributed by atoms with Gasteiger partial charge in [-0.1, -0.05) is 6.92 Å². The molecular weight excluding hydrogens is 200 g/mol. The van der Waals surface area contributed by atoms with Crippen molar-refractivity contribution in [2.45, 2.75) is 30.5 Å². The first kappa shape index (κ1) is 11.0. The lowest BCUT2D eigenvalue weighted by Crippen LogP contribution is -2.05. The first-order valence-corrected chi connectivity index (χ1v) is 5.14. The van der Waals surface area contributed by atoms with Crippen molar-refractivity contribution in [2.24, 2.45) is 0 Å². The van der Waals surface area contributed by atoms with Gasteiger partial charge in [-0.2, -0.15) is 5.10 Å². The van der Waals surface area contributed by atoms with Crippen LogP contribution >= 0.6 is 11.8 Å². The average Bonchev–Trinajstić information content (AvgIpc) is 2.07. The van der Waals surface area contributed by atoms with Crippen molar-refractivity contribution in [3.05, 3.63) is 17.8 Å². The van der Waals surface area contributed by atoms with Crippen LogP contribution in [0.3, 0.4) is 0 Å². The second-order valence-electron chi connectivity index (χ2n) is 3.04. The maximum atomic E-state index is 10.4. The number of nitrogens with zero attached hydrogens (tertiary/aromatic N) is 2. The molecule has 0 bridgehead atoms. The van der Waals surface area contributed by atoms with Gasteiger partial charge >= 0.3 is 5.97 Å². The largest absolute Gasteiger partial charge is 0.481 e. The fourth-order valence-electron chi connectivity index (χ4n) is 0.943. The third-order valence-corrected chi connectivity index (χ3v) is 2.59. The summed E-state index contributed by atoms with van der Waals surface area (Å²) >= 11 is 1.43. The number of aliphatic carboxylic acids is 1. The van der Waals surface area contributed by atoms with Gasteiger partial charge in [0.2, 0.25) is 0 Å². The summed E-state index contributed by atoms with van der Waals surface area (Å²) in [5, 5.41) is 17.2. The number of aromatic nitrogens is 2. The van der Waals surface area contributed by atoms with Crippen LogP contribution in [-0.2, 0) is 4.79 Å². The minimum absolute atomic E-state index is 0.0181. The number of thioether (sulfide) groups is 1. The highest BCUT2D eigenvalue weighted by atomic mass is 32.2. The Kier molecular flexibility index (Phi) is 3.88. The summed E-state index contributed by atoms with van der Waals surface area (Å²) in [6.45, 7) is 3.72. The molecule has 76 valence electrons. The monoisotopic (exact) mass is 212 g/mol. The summed E-state index contributed by atoms with van der Waals surface area (Å²) < 4.78 is 0. The predicted octanol–water partition coefficient (Wildman–Crippen LogP) is 1.74. The number of carbonyl (C=O) groups is 1. The van der Waals surface area contributed by atoms with E-state index in [0.717, 1.165) is 10.7 Å². The first-order valence-electron chi connectivity index (χ1n) is 4.26. The van der Waals surface area contributed by atoms with E-state index in [0.29, 0.717) is 0 Å². The fourth-order valence-corrected chi connectivity index (χ4v) is 1.82. The lowest BCUT2D eigenvalue weighted by atomic mass is 10.3. The number of hydrogen-bond donors (Lipinski definition) is 1. The molecule has 0 aliphatic carbocycles. The minimum atomic E-state index is -0.787. The van der Waals surface area contributed by atoms with Crippen LogP contribution in [0.1, 0.15) is 19.0 Å². The molecular formula is C9H12N2O2S. The zero-order chi connectivity index (χ0) is 10.6. The van der Waals surface area contributed by atoms with Crippen molar-refractivity contribution in [3.63, 3.8) is 0 Å². The lowest BCUT2D eigenvalue weighted by molar-refractivity contribution is -0.136.